The summed E-state index contributed by atoms with van der Waals surface area (Å²) >= 11 is 0. The van der Waals surface area contributed by atoms with Crippen LogP contribution in [0.15, 0.2) is 73.4 Å². The maximum Gasteiger partial charge on any atom is 0.0450 e. The van der Waals surface area contributed by atoms with Gasteiger partial charge in [0, 0.05) is 36.2 Å². The molecule has 2 aliphatic heterocycles. The molecule has 0 saturated heterocycles. The van der Waals surface area contributed by atoms with Crippen molar-refractivity contribution in [1.29, 1.82) is 0 Å². The van der Waals surface area contributed by atoms with Crippen LogP contribution >= 0.6 is 0 Å². The second-order valence-corrected chi connectivity index (χ2v) is 4.34. The van der Waals surface area contributed by atoms with Gasteiger partial charge in [-0.2, -0.15) is 0 Å². The monoisotopic (exact) mass is 236 g/mol. The molecule has 2 nitrogen and oxygen atoms in total. The Morgan fingerprint density at radius 1 is 0.556 bits per heavy atom. The van der Waals surface area contributed by atoms with Crippen molar-refractivity contribution in [2.75, 3.05) is 9.80 Å². The van der Waals surface area contributed by atoms with E-state index in [1.807, 2.05) is 0 Å². The Hall–Kier alpha value is -2.22. The van der Waals surface area contributed by atoms with Crippen LogP contribution in [0.3, 0.4) is 0 Å². The summed E-state index contributed by atoms with van der Waals surface area (Å²) in [6.45, 7) is 0. The van der Waals surface area contributed by atoms with Crippen LogP contribution in [0, 0.1) is 0 Å². The van der Waals surface area contributed by atoms with Gasteiger partial charge in [-0.15, -0.1) is 0 Å². The lowest BCUT2D eigenvalue weighted by Gasteiger charge is -2.21. The van der Waals surface area contributed by atoms with Crippen molar-refractivity contribution in [3.8, 4) is 0 Å². The summed E-state index contributed by atoms with van der Waals surface area (Å²) in [6.07, 6.45) is 19.1. The van der Waals surface area contributed by atoms with Crippen LogP contribution in [0.4, 0.5) is 11.4 Å². The Morgan fingerprint density at radius 3 is 1.22 bits per heavy atom. The van der Waals surface area contributed by atoms with Gasteiger partial charge in [-0.25, -0.2) is 0 Å². The molecule has 0 atom stereocenters. The van der Waals surface area contributed by atoms with Gasteiger partial charge in [-0.05, 0) is 37.1 Å². The third-order valence-corrected chi connectivity index (χ3v) is 3.05. The molecular weight excluding hydrogens is 220 g/mol. The third-order valence-electron chi connectivity index (χ3n) is 3.05. The third kappa shape index (κ3) is 2.23. The molecule has 2 aliphatic rings. The normalized spacial score (nSPS) is 17.6. The number of nitrogens with zero attached hydrogens (tertiary/aromatic N) is 2. The molecule has 2 heterocycles. The number of allylic oxidation sites excluding steroid dienone is 4. The minimum atomic E-state index is 1.03. The predicted molar refractivity (Wildman–Crippen MR) is 77.2 cm³/mol. The highest BCUT2D eigenvalue weighted by Crippen LogP contribution is 2.24. The average molecular weight is 236 g/mol. The van der Waals surface area contributed by atoms with E-state index in [2.05, 4.69) is 83.2 Å². The highest BCUT2D eigenvalue weighted by Gasteiger charge is 2.04. The van der Waals surface area contributed by atoms with Crippen molar-refractivity contribution >= 4 is 11.4 Å². The van der Waals surface area contributed by atoms with Gasteiger partial charge < -0.3 is 9.80 Å². The molecule has 0 aliphatic carbocycles. The summed E-state index contributed by atoms with van der Waals surface area (Å²) in [5, 5.41) is 0. The molecule has 0 spiro atoms. The van der Waals surface area contributed by atoms with Crippen LogP contribution < -0.4 is 9.80 Å². The van der Waals surface area contributed by atoms with Crippen LogP contribution in [-0.4, -0.2) is 0 Å². The Bertz CT molecular complexity index is 448. The van der Waals surface area contributed by atoms with E-state index in [4.69, 9.17) is 0 Å². The largest absolute Gasteiger partial charge is 0.324 e. The summed E-state index contributed by atoms with van der Waals surface area (Å²) in [5.74, 6) is 0. The predicted octanol–water partition coefficient (Wildman–Crippen LogP) is 4.16. The van der Waals surface area contributed by atoms with Crippen molar-refractivity contribution in [3.05, 3.63) is 73.4 Å². The fourth-order valence-corrected chi connectivity index (χ4v) is 2.10. The van der Waals surface area contributed by atoms with Crippen LogP contribution in [0.2, 0.25) is 0 Å². The first-order chi connectivity index (χ1) is 8.93. The maximum atomic E-state index is 2.16. The van der Waals surface area contributed by atoms with Crippen molar-refractivity contribution in [2.24, 2.45) is 0 Å². The molecule has 0 radical (unpaired) electrons. The summed E-state index contributed by atoms with van der Waals surface area (Å²) in [6, 6.07) is 8.58. The Kier molecular flexibility index (Phi) is 3.01. The number of anilines is 2. The number of benzene rings is 1. The first-order valence-electron chi connectivity index (χ1n) is 6.27. The first-order valence-corrected chi connectivity index (χ1v) is 6.27. The van der Waals surface area contributed by atoms with E-state index in [1.165, 1.54) is 11.4 Å². The van der Waals surface area contributed by atoms with Crippen LogP contribution in [0.1, 0.15) is 12.8 Å². The van der Waals surface area contributed by atoms with E-state index in [0.29, 0.717) is 0 Å². The maximum absolute atomic E-state index is 2.16. The molecule has 1 aromatic rings. The Labute approximate surface area is 108 Å². The summed E-state index contributed by atoms with van der Waals surface area (Å²) in [5.41, 5.74) is 2.38. The molecular formula is C16H16N2. The molecule has 0 N–H and O–H groups in total. The highest BCUT2D eigenvalue weighted by molar-refractivity contribution is 5.61. The molecule has 90 valence electrons. The molecule has 2 heteroatoms. The molecule has 0 bridgehead atoms. The van der Waals surface area contributed by atoms with E-state index in [-0.39, 0.29) is 0 Å². The Balaban J connectivity index is 1.80. The van der Waals surface area contributed by atoms with E-state index < -0.39 is 0 Å². The quantitative estimate of drug-likeness (QED) is 0.760. The zero-order chi connectivity index (χ0) is 12.2. The van der Waals surface area contributed by atoms with Gasteiger partial charge in [0.05, 0.1) is 0 Å². The molecule has 0 saturated carbocycles. The SMILES string of the molecule is C1=CN(c2ccc(N3C=CCC=C3)cc2)C=CC1. The van der Waals surface area contributed by atoms with E-state index in [9.17, 15) is 0 Å². The molecule has 0 unspecified atom stereocenters. The summed E-state index contributed by atoms with van der Waals surface area (Å²) in [4.78, 5) is 4.27. The molecule has 0 aromatic heterocycles. The van der Waals surface area contributed by atoms with E-state index in [0.717, 1.165) is 12.8 Å². The minimum absolute atomic E-state index is 1.03. The zero-order valence-corrected chi connectivity index (χ0v) is 10.2. The van der Waals surface area contributed by atoms with Gasteiger partial charge in [0.25, 0.3) is 0 Å². The molecule has 0 fully saturated rings. The standard InChI is InChI=1S/C16H16N2/c1-3-11-17(12-4-1)15-7-9-16(10-8-15)18-13-5-2-6-14-18/h3-14H,1-2H2. The zero-order valence-electron chi connectivity index (χ0n) is 10.2. The minimum Gasteiger partial charge on any atom is -0.324 e. The second kappa shape index (κ2) is 4.96. The molecule has 0 amide bonds. The number of hydrogen-bond acceptors (Lipinski definition) is 2. The Morgan fingerprint density at radius 2 is 0.889 bits per heavy atom. The van der Waals surface area contributed by atoms with E-state index in [1.54, 1.807) is 0 Å². The van der Waals surface area contributed by atoms with Gasteiger partial charge in [0.2, 0.25) is 0 Å². The van der Waals surface area contributed by atoms with Gasteiger partial charge >= 0.3 is 0 Å². The lowest BCUT2D eigenvalue weighted by Crippen LogP contribution is -2.11. The second-order valence-electron chi connectivity index (χ2n) is 4.34. The molecule has 1 aromatic carbocycles. The smallest absolute Gasteiger partial charge is 0.0450 e. The van der Waals surface area contributed by atoms with Crippen LogP contribution in [0.5, 0.6) is 0 Å². The van der Waals surface area contributed by atoms with Crippen molar-refractivity contribution in [2.45, 2.75) is 12.8 Å². The topological polar surface area (TPSA) is 6.48 Å². The van der Waals surface area contributed by atoms with Gasteiger partial charge in [-0.1, -0.05) is 24.3 Å². The lowest BCUT2D eigenvalue weighted by atomic mass is 10.2. The molecule has 18 heavy (non-hydrogen) atoms. The molecule has 3 rings (SSSR count). The lowest BCUT2D eigenvalue weighted by molar-refractivity contribution is 1.17. The fourth-order valence-electron chi connectivity index (χ4n) is 2.10. The summed E-state index contributed by atoms with van der Waals surface area (Å²) in [7, 11) is 0. The first kappa shape index (κ1) is 10.9. The van der Waals surface area contributed by atoms with Crippen molar-refractivity contribution in [3.63, 3.8) is 0 Å². The van der Waals surface area contributed by atoms with Crippen molar-refractivity contribution in [1.82, 2.24) is 0 Å². The van der Waals surface area contributed by atoms with Crippen LogP contribution in [0.25, 0.3) is 0 Å². The van der Waals surface area contributed by atoms with Gasteiger partial charge in [0.15, 0.2) is 0 Å². The fraction of sp³-hybridized carbons (Fsp3) is 0.125. The van der Waals surface area contributed by atoms with Crippen LogP contribution in [-0.2, 0) is 0 Å². The number of hydrogen-bond donors (Lipinski definition) is 0. The number of rotatable bonds is 2. The van der Waals surface area contributed by atoms with Gasteiger partial charge in [-0.3, -0.25) is 0 Å². The summed E-state index contributed by atoms with van der Waals surface area (Å²) < 4.78 is 0. The van der Waals surface area contributed by atoms with Gasteiger partial charge in [0.1, 0.15) is 0 Å². The van der Waals surface area contributed by atoms with Crippen molar-refractivity contribution < 1.29 is 0 Å². The average Bonchev–Trinajstić information content (AvgIpc) is 2.49. The van der Waals surface area contributed by atoms with E-state index >= 15 is 0 Å². The highest BCUT2D eigenvalue weighted by atomic mass is 15.1.